The summed E-state index contributed by atoms with van der Waals surface area (Å²) in [5.74, 6) is 2.17. The maximum absolute atomic E-state index is 12.2. The molecule has 1 aromatic heterocycles. The van der Waals surface area contributed by atoms with E-state index in [0.717, 1.165) is 24.4 Å². The van der Waals surface area contributed by atoms with Gasteiger partial charge in [0.25, 0.3) is 0 Å². The molecule has 1 saturated carbocycles. The summed E-state index contributed by atoms with van der Waals surface area (Å²) in [6, 6.07) is 16.9. The Morgan fingerprint density at radius 3 is 2.73 bits per heavy atom. The van der Waals surface area contributed by atoms with Crippen LogP contribution in [0.15, 0.2) is 60.9 Å². The molecule has 0 spiro atoms. The lowest BCUT2D eigenvalue weighted by Crippen LogP contribution is -2.29. The van der Waals surface area contributed by atoms with Gasteiger partial charge in [-0.2, -0.15) is 0 Å². The van der Waals surface area contributed by atoms with Crippen molar-refractivity contribution in [1.82, 2.24) is 20.1 Å². The summed E-state index contributed by atoms with van der Waals surface area (Å²) < 4.78 is 7.80. The summed E-state index contributed by atoms with van der Waals surface area (Å²) in [5, 5.41) is 13.6. The number of hydrogen-bond acceptors (Lipinski definition) is 4. The highest BCUT2D eigenvalue weighted by molar-refractivity contribution is 5.89. The molecule has 0 aliphatic heterocycles. The Morgan fingerprint density at radius 1 is 1.12 bits per heavy atom. The quantitative estimate of drug-likeness (QED) is 0.710. The van der Waals surface area contributed by atoms with E-state index >= 15 is 0 Å². The molecular weight excluding hydrogens is 330 g/mol. The van der Waals surface area contributed by atoms with E-state index in [1.807, 2.05) is 53.1 Å². The van der Waals surface area contributed by atoms with Crippen molar-refractivity contribution in [2.45, 2.75) is 25.4 Å². The van der Waals surface area contributed by atoms with Gasteiger partial charge in [0.15, 0.2) is 5.82 Å². The van der Waals surface area contributed by atoms with Crippen LogP contribution >= 0.6 is 0 Å². The summed E-state index contributed by atoms with van der Waals surface area (Å²) in [6.45, 7) is 0.336. The lowest BCUT2D eigenvalue weighted by Gasteiger charge is -2.10. The zero-order valence-corrected chi connectivity index (χ0v) is 14.1. The number of amides is 2. The standard InChI is InChI=1S/C19H19N5O2/c25-19(20-12-18-23-21-13-24(18)15-9-10-15)22-14-5-4-8-17(11-14)26-16-6-2-1-3-7-16/h1-8,11,13,15H,9-10,12H2,(H2,20,22,25). The minimum atomic E-state index is -0.299. The summed E-state index contributed by atoms with van der Waals surface area (Å²) in [4.78, 5) is 12.2. The van der Waals surface area contributed by atoms with E-state index in [2.05, 4.69) is 20.8 Å². The van der Waals surface area contributed by atoms with Crippen LogP contribution in [-0.2, 0) is 6.54 Å². The molecule has 2 N–H and O–H groups in total. The molecule has 0 bridgehead atoms. The maximum Gasteiger partial charge on any atom is 0.319 e. The highest BCUT2D eigenvalue weighted by atomic mass is 16.5. The molecule has 1 fully saturated rings. The largest absolute Gasteiger partial charge is 0.457 e. The van der Waals surface area contributed by atoms with E-state index in [0.29, 0.717) is 24.0 Å². The van der Waals surface area contributed by atoms with Crippen molar-refractivity contribution in [3.8, 4) is 11.5 Å². The van der Waals surface area contributed by atoms with Gasteiger partial charge in [-0.25, -0.2) is 4.79 Å². The predicted octanol–water partition coefficient (Wildman–Crippen LogP) is 3.73. The Balaban J connectivity index is 1.34. The molecule has 7 nitrogen and oxygen atoms in total. The molecule has 0 atom stereocenters. The van der Waals surface area contributed by atoms with Crippen molar-refractivity contribution in [2.24, 2.45) is 0 Å². The number of benzene rings is 2. The van der Waals surface area contributed by atoms with Crippen molar-refractivity contribution < 1.29 is 9.53 Å². The minimum absolute atomic E-state index is 0.299. The maximum atomic E-state index is 12.2. The Morgan fingerprint density at radius 2 is 1.92 bits per heavy atom. The predicted molar refractivity (Wildman–Crippen MR) is 97.1 cm³/mol. The van der Waals surface area contributed by atoms with Gasteiger partial charge in [0.05, 0.1) is 6.54 Å². The van der Waals surface area contributed by atoms with Crippen LogP contribution in [0.1, 0.15) is 24.7 Å². The van der Waals surface area contributed by atoms with Crippen molar-refractivity contribution in [3.05, 3.63) is 66.7 Å². The Hall–Kier alpha value is -3.35. The fraction of sp³-hybridized carbons (Fsp3) is 0.211. The van der Waals surface area contributed by atoms with Gasteiger partial charge < -0.3 is 19.9 Å². The molecule has 1 aliphatic carbocycles. The first kappa shape index (κ1) is 16.1. The second-order valence-corrected chi connectivity index (χ2v) is 6.14. The number of urea groups is 1. The van der Waals surface area contributed by atoms with Gasteiger partial charge in [0.1, 0.15) is 17.8 Å². The van der Waals surface area contributed by atoms with Crippen molar-refractivity contribution in [2.75, 3.05) is 5.32 Å². The Kier molecular flexibility index (Phi) is 4.51. The molecule has 26 heavy (non-hydrogen) atoms. The van der Waals surface area contributed by atoms with Crippen LogP contribution in [0, 0.1) is 0 Å². The topological polar surface area (TPSA) is 81.1 Å². The van der Waals surface area contributed by atoms with Gasteiger partial charge in [0.2, 0.25) is 0 Å². The van der Waals surface area contributed by atoms with Gasteiger partial charge in [-0.1, -0.05) is 24.3 Å². The van der Waals surface area contributed by atoms with Gasteiger partial charge in [-0.3, -0.25) is 0 Å². The molecule has 3 aromatic rings. The molecule has 0 saturated heterocycles. The van der Waals surface area contributed by atoms with Crippen LogP contribution in [0.5, 0.6) is 11.5 Å². The van der Waals surface area contributed by atoms with Crippen LogP contribution in [0.25, 0.3) is 0 Å². The summed E-state index contributed by atoms with van der Waals surface area (Å²) in [5.41, 5.74) is 0.652. The van der Waals surface area contributed by atoms with E-state index in [4.69, 9.17) is 4.74 Å². The number of aromatic nitrogens is 3. The molecule has 2 aromatic carbocycles. The Labute approximate surface area is 151 Å². The zero-order chi connectivity index (χ0) is 17.8. The first-order chi connectivity index (χ1) is 12.8. The third-order valence-electron chi connectivity index (χ3n) is 4.07. The Bertz CT molecular complexity index is 890. The molecule has 132 valence electrons. The van der Waals surface area contributed by atoms with Crippen LogP contribution < -0.4 is 15.4 Å². The van der Waals surface area contributed by atoms with E-state index in [-0.39, 0.29) is 6.03 Å². The summed E-state index contributed by atoms with van der Waals surface area (Å²) >= 11 is 0. The van der Waals surface area contributed by atoms with Gasteiger partial charge in [-0.05, 0) is 37.1 Å². The number of carbonyl (C=O) groups excluding carboxylic acids is 1. The fourth-order valence-corrected chi connectivity index (χ4v) is 2.65. The highest BCUT2D eigenvalue weighted by Crippen LogP contribution is 2.35. The molecule has 2 amide bonds. The number of para-hydroxylation sites is 1. The highest BCUT2D eigenvalue weighted by Gasteiger charge is 2.26. The number of rotatable bonds is 6. The van der Waals surface area contributed by atoms with Gasteiger partial charge >= 0.3 is 6.03 Å². The van der Waals surface area contributed by atoms with Crippen molar-refractivity contribution >= 4 is 11.7 Å². The van der Waals surface area contributed by atoms with Crippen LogP contribution in [0.2, 0.25) is 0 Å². The van der Waals surface area contributed by atoms with Crippen molar-refractivity contribution in [1.29, 1.82) is 0 Å². The molecular formula is C19H19N5O2. The van der Waals surface area contributed by atoms with Crippen LogP contribution in [-0.4, -0.2) is 20.8 Å². The number of carbonyl (C=O) groups is 1. The fourth-order valence-electron chi connectivity index (χ4n) is 2.65. The van der Waals surface area contributed by atoms with Gasteiger partial charge in [0, 0.05) is 17.8 Å². The molecule has 4 rings (SSSR count). The second kappa shape index (κ2) is 7.26. The van der Waals surface area contributed by atoms with Crippen LogP contribution in [0.3, 0.4) is 0 Å². The van der Waals surface area contributed by atoms with E-state index in [9.17, 15) is 4.79 Å². The first-order valence-electron chi connectivity index (χ1n) is 8.54. The monoisotopic (exact) mass is 349 g/mol. The second-order valence-electron chi connectivity index (χ2n) is 6.14. The number of nitrogens with one attached hydrogen (secondary N) is 2. The van der Waals surface area contributed by atoms with Gasteiger partial charge in [-0.15, -0.1) is 10.2 Å². The summed E-state index contributed by atoms with van der Waals surface area (Å²) in [6.07, 6.45) is 4.01. The molecule has 0 radical (unpaired) electrons. The first-order valence-corrected chi connectivity index (χ1v) is 8.54. The van der Waals surface area contributed by atoms with E-state index in [1.54, 1.807) is 12.4 Å². The van der Waals surface area contributed by atoms with Crippen LogP contribution in [0.4, 0.5) is 10.5 Å². The molecule has 0 unspecified atom stereocenters. The average Bonchev–Trinajstić information content (AvgIpc) is 3.39. The SMILES string of the molecule is O=C(NCc1nncn1C1CC1)Nc1cccc(Oc2ccccc2)c1. The average molecular weight is 349 g/mol. The molecule has 1 heterocycles. The third-order valence-corrected chi connectivity index (χ3v) is 4.07. The lowest BCUT2D eigenvalue weighted by atomic mass is 10.3. The van der Waals surface area contributed by atoms with E-state index < -0.39 is 0 Å². The smallest absolute Gasteiger partial charge is 0.319 e. The third kappa shape index (κ3) is 4.00. The number of ether oxygens (including phenoxy) is 1. The minimum Gasteiger partial charge on any atom is -0.457 e. The number of hydrogen-bond donors (Lipinski definition) is 2. The zero-order valence-electron chi connectivity index (χ0n) is 14.1. The molecule has 1 aliphatic rings. The lowest BCUT2D eigenvalue weighted by molar-refractivity contribution is 0.251. The molecule has 7 heteroatoms. The van der Waals surface area contributed by atoms with E-state index in [1.165, 1.54) is 0 Å². The number of anilines is 1. The van der Waals surface area contributed by atoms with Crippen molar-refractivity contribution in [3.63, 3.8) is 0 Å². The number of nitrogens with zero attached hydrogens (tertiary/aromatic N) is 3. The summed E-state index contributed by atoms with van der Waals surface area (Å²) in [7, 11) is 0. The normalized spacial score (nSPS) is 13.2.